The number of fused-ring (bicyclic) bond motifs is 1. The molecule has 0 bridgehead atoms. The zero-order chi connectivity index (χ0) is 17.1. The fourth-order valence-corrected chi connectivity index (χ4v) is 2.88. The van der Waals surface area contributed by atoms with Gasteiger partial charge in [0, 0.05) is 22.0 Å². The van der Waals surface area contributed by atoms with Crippen LogP contribution >= 0.6 is 23.2 Å². The van der Waals surface area contributed by atoms with Crippen molar-refractivity contribution >= 4 is 29.1 Å². The highest BCUT2D eigenvalue weighted by molar-refractivity contribution is 6.30. The van der Waals surface area contributed by atoms with Crippen molar-refractivity contribution in [1.29, 1.82) is 0 Å². The van der Waals surface area contributed by atoms with Gasteiger partial charge in [-0.1, -0.05) is 23.2 Å². The Hall–Kier alpha value is -1.91. The topological polar surface area (TPSA) is 47.6 Å². The van der Waals surface area contributed by atoms with Crippen LogP contribution in [0.2, 0.25) is 10.0 Å². The lowest BCUT2D eigenvalue weighted by Gasteiger charge is -2.28. The summed E-state index contributed by atoms with van der Waals surface area (Å²) in [7, 11) is 0. The summed E-state index contributed by atoms with van der Waals surface area (Å²) in [4.78, 5) is 12.4. The number of rotatable bonds is 4. The van der Waals surface area contributed by atoms with E-state index < -0.39 is 6.10 Å². The number of halogens is 2. The first-order valence-corrected chi connectivity index (χ1v) is 8.43. The van der Waals surface area contributed by atoms with Crippen LogP contribution in [0.4, 0.5) is 0 Å². The van der Waals surface area contributed by atoms with Crippen LogP contribution in [0.5, 0.6) is 11.5 Å². The number of carbonyl (C=O) groups excluding carboxylic acids is 1. The van der Waals surface area contributed by atoms with Crippen molar-refractivity contribution in [2.45, 2.75) is 25.5 Å². The van der Waals surface area contributed by atoms with E-state index in [9.17, 15) is 4.79 Å². The third kappa shape index (κ3) is 3.94. The summed E-state index contributed by atoms with van der Waals surface area (Å²) in [6.45, 7) is 2.26. The van der Waals surface area contributed by atoms with Gasteiger partial charge in [-0.05, 0) is 49.4 Å². The smallest absolute Gasteiger partial charge is 0.261 e. The van der Waals surface area contributed by atoms with E-state index in [1.807, 2.05) is 12.1 Å². The van der Waals surface area contributed by atoms with Crippen molar-refractivity contribution in [2.75, 3.05) is 6.61 Å². The van der Waals surface area contributed by atoms with Crippen molar-refractivity contribution in [1.82, 2.24) is 5.32 Å². The normalized spacial score (nSPS) is 17.4. The quantitative estimate of drug-likeness (QED) is 0.873. The lowest BCUT2D eigenvalue weighted by Crippen LogP contribution is -2.40. The maximum Gasteiger partial charge on any atom is 0.261 e. The van der Waals surface area contributed by atoms with Gasteiger partial charge in [0.25, 0.3) is 5.91 Å². The zero-order valence-corrected chi connectivity index (χ0v) is 14.6. The number of nitrogens with one attached hydrogen (secondary N) is 1. The maximum absolute atomic E-state index is 12.4. The minimum atomic E-state index is -0.628. The molecule has 3 rings (SSSR count). The molecule has 0 fully saturated rings. The predicted molar refractivity (Wildman–Crippen MR) is 94.0 cm³/mol. The molecule has 6 heteroatoms. The molecule has 0 saturated carbocycles. The molecule has 2 aromatic carbocycles. The highest BCUT2D eigenvalue weighted by Gasteiger charge is 2.25. The Morgan fingerprint density at radius 1 is 1.21 bits per heavy atom. The van der Waals surface area contributed by atoms with Crippen molar-refractivity contribution in [3.05, 3.63) is 58.1 Å². The van der Waals surface area contributed by atoms with E-state index in [0.29, 0.717) is 28.8 Å². The minimum Gasteiger partial charge on any atom is -0.493 e. The Morgan fingerprint density at radius 3 is 2.67 bits per heavy atom. The molecule has 0 radical (unpaired) electrons. The molecule has 0 aromatic heterocycles. The Labute approximate surface area is 150 Å². The number of hydrogen-bond donors (Lipinski definition) is 1. The van der Waals surface area contributed by atoms with Crippen molar-refractivity contribution in [3.63, 3.8) is 0 Å². The summed E-state index contributed by atoms with van der Waals surface area (Å²) in [5.41, 5.74) is 0.890. The second kappa shape index (κ2) is 7.32. The second-order valence-electron chi connectivity index (χ2n) is 5.59. The Kier molecular flexibility index (Phi) is 5.17. The highest BCUT2D eigenvalue weighted by atomic mass is 35.5. The molecule has 126 valence electrons. The predicted octanol–water partition coefficient (Wildman–Crippen LogP) is 4.40. The number of hydrogen-bond acceptors (Lipinski definition) is 3. The van der Waals surface area contributed by atoms with Crippen LogP contribution in [0.15, 0.2) is 42.5 Å². The molecule has 0 aliphatic carbocycles. The molecule has 1 heterocycles. The standard InChI is InChI=1S/C18H17Cl2NO3/c1-11(24-14-5-2-12(19)3-6-14)18(22)21-16-8-9-23-17-7-4-13(20)10-15(16)17/h2-7,10-11,16H,8-9H2,1H3,(H,21,22). The molecule has 2 aromatic rings. The molecule has 1 aliphatic heterocycles. The van der Waals surface area contributed by atoms with Crippen LogP contribution in [-0.4, -0.2) is 18.6 Å². The Balaban J connectivity index is 1.67. The van der Waals surface area contributed by atoms with Crippen molar-refractivity contribution < 1.29 is 14.3 Å². The van der Waals surface area contributed by atoms with Crippen LogP contribution in [0.25, 0.3) is 0 Å². The molecule has 2 unspecified atom stereocenters. The van der Waals surface area contributed by atoms with Crippen LogP contribution in [0.3, 0.4) is 0 Å². The van der Waals surface area contributed by atoms with Gasteiger partial charge in [-0.2, -0.15) is 0 Å². The summed E-state index contributed by atoms with van der Waals surface area (Å²) in [6, 6.07) is 12.2. The van der Waals surface area contributed by atoms with E-state index in [-0.39, 0.29) is 11.9 Å². The first kappa shape index (κ1) is 16.9. The third-order valence-corrected chi connectivity index (χ3v) is 4.31. The fourth-order valence-electron chi connectivity index (χ4n) is 2.58. The van der Waals surface area contributed by atoms with E-state index in [1.54, 1.807) is 37.3 Å². The van der Waals surface area contributed by atoms with Crippen molar-refractivity contribution in [2.24, 2.45) is 0 Å². The zero-order valence-electron chi connectivity index (χ0n) is 13.1. The number of benzene rings is 2. The van der Waals surface area contributed by atoms with E-state index in [4.69, 9.17) is 32.7 Å². The minimum absolute atomic E-state index is 0.142. The van der Waals surface area contributed by atoms with E-state index in [0.717, 1.165) is 11.3 Å². The van der Waals surface area contributed by atoms with E-state index in [2.05, 4.69) is 5.32 Å². The molecule has 1 aliphatic rings. The highest BCUT2D eigenvalue weighted by Crippen LogP contribution is 2.34. The van der Waals surface area contributed by atoms with Crippen LogP contribution in [-0.2, 0) is 4.79 Å². The van der Waals surface area contributed by atoms with E-state index in [1.165, 1.54) is 0 Å². The molecule has 1 amide bonds. The van der Waals surface area contributed by atoms with Crippen LogP contribution in [0, 0.1) is 0 Å². The fraction of sp³-hybridized carbons (Fsp3) is 0.278. The molecule has 4 nitrogen and oxygen atoms in total. The van der Waals surface area contributed by atoms with Gasteiger partial charge < -0.3 is 14.8 Å². The first-order valence-electron chi connectivity index (χ1n) is 7.68. The van der Waals surface area contributed by atoms with Gasteiger partial charge >= 0.3 is 0 Å². The molecule has 1 N–H and O–H groups in total. The molecule has 24 heavy (non-hydrogen) atoms. The average molecular weight is 366 g/mol. The van der Waals surface area contributed by atoms with Gasteiger partial charge in [-0.3, -0.25) is 4.79 Å². The van der Waals surface area contributed by atoms with Gasteiger partial charge in [0.1, 0.15) is 11.5 Å². The van der Waals surface area contributed by atoms with E-state index >= 15 is 0 Å². The molecular formula is C18H17Cl2NO3. The number of amides is 1. The van der Waals surface area contributed by atoms with Crippen LogP contribution < -0.4 is 14.8 Å². The lowest BCUT2D eigenvalue weighted by molar-refractivity contribution is -0.128. The number of carbonyl (C=O) groups is 1. The van der Waals surface area contributed by atoms with Gasteiger partial charge in [-0.15, -0.1) is 0 Å². The Morgan fingerprint density at radius 2 is 1.92 bits per heavy atom. The Bertz CT molecular complexity index is 734. The summed E-state index contributed by atoms with van der Waals surface area (Å²) >= 11 is 11.9. The van der Waals surface area contributed by atoms with Crippen molar-refractivity contribution in [3.8, 4) is 11.5 Å². The first-order chi connectivity index (χ1) is 11.5. The molecule has 2 atom stereocenters. The molecular weight excluding hydrogens is 349 g/mol. The summed E-state index contributed by atoms with van der Waals surface area (Å²) < 4.78 is 11.3. The SMILES string of the molecule is CC(Oc1ccc(Cl)cc1)C(=O)NC1CCOc2ccc(Cl)cc21. The molecule has 0 spiro atoms. The molecule has 0 saturated heterocycles. The summed E-state index contributed by atoms with van der Waals surface area (Å²) in [6.07, 6.45) is 0.0592. The summed E-state index contributed by atoms with van der Waals surface area (Å²) in [5, 5.41) is 4.24. The lowest BCUT2D eigenvalue weighted by atomic mass is 10.0. The average Bonchev–Trinajstić information content (AvgIpc) is 2.57. The van der Waals surface area contributed by atoms with Gasteiger partial charge in [0.05, 0.1) is 12.6 Å². The van der Waals surface area contributed by atoms with Gasteiger partial charge in [-0.25, -0.2) is 0 Å². The van der Waals surface area contributed by atoms with Gasteiger partial charge in [0.15, 0.2) is 6.10 Å². The largest absolute Gasteiger partial charge is 0.493 e. The maximum atomic E-state index is 12.4. The summed E-state index contributed by atoms with van der Waals surface area (Å²) in [5.74, 6) is 1.16. The third-order valence-electron chi connectivity index (χ3n) is 3.82. The monoisotopic (exact) mass is 365 g/mol. The van der Waals surface area contributed by atoms with Gasteiger partial charge in [0.2, 0.25) is 0 Å². The second-order valence-corrected chi connectivity index (χ2v) is 6.47. The van der Waals surface area contributed by atoms with Crippen LogP contribution in [0.1, 0.15) is 24.9 Å². The number of ether oxygens (including phenoxy) is 2.